The van der Waals surface area contributed by atoms with E-state index in [9.17, 15) is 4.79 Å². The van der Waals surface area contributed by atoms with Gasteiger partial charge in [0.25, 0.3) is 0 Å². The topological polar surface area (TPSA) is 109 Å². The molecule has 10 nitrogen and oxygen atoms in total. The van der Waals surface area contributed by atoms with E-state index in [1.54, 1.807) is 14.2 Å². The molecule has 0 aliphatic heterocycles. The molecule has 0 amide bonds. The number of fused-ring (bicyclic) bond motifs is 3. The molecule has 198 valence electrons. The largest absolute Gasteiger partial charge is 0.487 e. The zero-order valence-electron chi connectivity index (χ0n) is 22.1. The van der Waals surface area contributed by atoms with Crippen LogP contribution >= 0.6 is 0 Å². The minimum absolute atomic E-state index is 0.351. The summed E-state index contributed by atoms with van der Waals surface area (Å²) in [5.41, 5.74) is 2.22. The van der Waals surface area contributed by atoms with E-state index in [-0.39, 0.29) is 0 Å². The fourth-order valence-corrected chi connectivity index (χ4v) is 3.98. The normalized spacial score (nSPS) is 11.5. The van der Waals surface area contributed by atoms with Crippen LogP contribution in [0, 0.1) is 12.8 Å². The van der Waals surface area contributed by atoms with Crippen molar-refractivity contribution >= 4 is 28.3 Å². The highest BCUT2D eigenvalue weighted by Crippen LogP contribution is 2.34. The van der Waals surface area contributed by atoms with Gasteiger partial charge in [-0.2, -0.15) is 0 Å². The van der Waals surface area contributed by atoms with E-state index < -0.39 is 0 Å². The zero-order chi connectivity index (χ0) is 25.9. The molecular weight excluding hydrogens is 462 g/mol. The fraction of sp³-hybridized carbons (Fsp3) is 0.615. The highest BCUT2D eigenvalue weighted by molar-refractivity contribution is 5.86. The summed E-state index contributed by atoms with van der Waals surface area (Å²) in [4.78, 5) is 16.8. The van der Waals surface area contributed by atoms with Crippen LogP contribution in [0.5, 0.6) is 11.5 Å². The molecule has 0 spiro atoms. The highest BCUT2D eigenvalue weighted by atomic mass is 16.5. The molecule has 3 aromatic rings. The number of carbonyl (C=O) groups is 1. The van der Waals surface area contributed by atoms with Gasteiger partial charge in [-0.05, 0) is 25.7 Å². The number of nitrogens with zero attached hydrogens (tertiary/aromatic N) is 4. The van der Waals surface area contributed by atoms with Gasteiger partial charge >= 0.3 is 0 Å². The number of nitrogens with one attached hydrogen (secondary N) is 1. The van der Waals surface area contributed by atoms with Gasteiger partial charge in [0.2, 0.25) is 5.65 Å². The number of ketones is 1. The molecule has 0 radical (unpaired) electrons. The summed E-state index contributed by atoms with van der Waals surface area (Å²) >= 11 is 0. The molecule has 10 heteroatoms. The molecule has 1 N–H and O–H groups in total. The minimum Gasteiger partial charge on any atom is -0.487 e. The Labute approximate surface area is 212 Å². The fourth-order valence-electron chi connectivity index (χ4n) is 3.98. The maximum atomic E-state index is 11.9. The van der Waals surface area contributed by atoms with Crippen LogP contribution in [0.3, 0.4) is 0 Å². The van der Waals surface area contributed by atoms with Crippen LogP contribution in [0.2, 0.25) is 0 Å². The van der Waals surface area contributed by atoms with E-state index in [0.717, 1.165) is 42.7 Å². The minimum atomic E-state index is 0.351. The first kappa shape index (κ1) is 27.6. The maximum absolute atomic E-state index is 11.9. The van der Waals surface area contributed by atoms with E-state index in [1.165, 1.54) is 0 Å². The summed E-state index contributed by atoms with van der Waals surface area (Å²) in [6, 6.07) is 3.78. The average Bonchev–Trinajstić information content (AvgIpc) is 3.23. The van der Waals surface area contributed by atoms with Crippen molar-refractivity contribution < 1.29 is 23.7 Å². The molecule has 0 saturated carbocycles. The number of rotatable bonds is 17. The molecule has 1 aromatic carbocycles. The van der Waals surface area contributed by atoms with E-state index in [2.05, 4.69) is 29.4 Å². The van der Waals surface area contributed by atoms with Crippen LogP contribution in [0.1, 0.15) is 51.8 Å². The van der Waals surface area contributed by atoms with Crippen LogP contribution in [-0.4, -0.2) is 72.6 Å². The summed E-state index contributed by atoms with van der Waals surface area (Å²) < 4.78 is 24.1. The van der Waals surface area contributed by atoms with Crippen molar-refractivity contribution in [1.82, 2.24) is 19.6 Å². The van der Waals surface area contributed by atoms with E-state index in [4.69, 9.17) is 23.9 Å². The van der Waals surface area contributed by atoms with Crippen LogP contribution < -0.4 is 14.8 Å². The lowest BCUT2D eigenvalue weighted by molar-refractivity contribution is -0.119. The maximum Gasteiger partial charge on any atom is 0.204 e. The van der Waals surface area contributed by atoms with Gasteiger partial charge in [0.1, 0.15) is 24.8 Å². The number of anilines is 1. The van der Waals surface area contributed by atoms with E-state index in [0.29, 0.717) is 73.9 Å². The third-order valence-electron chi connectivity index (χ3n) is 5.70. The molecule has 36 heavy (non-hydrogen) atoms. The van der Waals surface area contributed by atoms with Crippen molar-refractivity contribution in [3.05, 3.63) is 18.0 Å². The molecule has 2 heterocycles. The second-order valence-corrected chi connectivity index (χ2v) is 9.21. The van der Waals surface area contributed by atoms with Crippen molar-refractivity contribution in [2.45, 2.75) is 52.9 Å². The molecule has 0 unspecified atom stereocenters. The third-order valence-corrected chi connectivity index (χ3v) is 5.70. The number of ether oxygens (including phenoxy) is 4. The predicted octanol–water partition coefficient (Wildman–Crippen LogP) is 4.22. The van der Waals surface area contributed by atoms with Gasteiger partial charge < -0.3 is 24.3 Å². The lowest BCUT2D eigenvalue weighted by Crippen LogP contribution is -2.10. The average molecular weight is 502 g/mol. The summed E-state index contributed by atoms with van der Waals surface area (Å²) in [6.45, 7) is 8.50. The Balaban J connectivity index is 1.77. The Morgan fingerprint density at radius 3 is 2.33 bits per heavy atom. The van der Waals surface area contributed by atoms with Gasteiger partial charge in [-0.25, -0.2) is 4.98 Å². The van der Waals surface area contributed by atoms with Gasteiger partial charge in [-0.15, -0.1) is 10.2 Å². The highest BCUT2D eigenvalue weighted by Gasteiger charge is 2.17. The standard InChI is InChI=1S/C26H39N5O5/c1-18(2)15-20(32)9-7-6-8-10-27-25-26-30-29-19(3)31(26)22-17-24(36-14-12-34-5)23(16-21(22)28-25)35-13-11-33-4/h16-18H,6-15H2,1-5H3,(H,27,28). The monoisotopic (exact) mass is 501 g/mol. The van der Waals surface area contributed by atoms with Crippen molar-refractivity contribution in [2.24, 2.45) is 5.92 Å². The Hall–Kier alpha value is -2.98. The van der Waals surface area contributed by atoms with Crippen molar-refractivity contribution in [2.75, 3.05) is 52.5 Å². The number of hydrogen-bond donors (Lipinski definition) is 1. The van der Waals surface area contributed by atoms with Crippen LogP contribution in [0.15, 0.2) is 12.1 Å². The molecule has 3 rings (SSSR count). The van der Waals surface area contributed by atoms with Gasteiger partial charge in [0.15, 0.2) is 17.3 Å². The Bertz CT molecular complexity index is 1130. The van der Waals surface area contributed by atoms with Crippen LogP contribution in [0.25, 0.3) is 16.7 Å². The quantitative estimate of drug-likeness (QED) is 0.272. The molecule has 2 aromatic heterocycles. The first-order valence-corrected chi connectivity index (χ1v) is 12.6. The second-order valence-electron chi connectivity index (χ2n) is 9.21. The number of aromatic nitrogens is 4. The number of benzene rings is 1. The summed E-state index contributed by atoms with van der Waals surface area (Å²) in [5.74, 6) is 3.37. The first-order chi connectivity index (χ1) is 17.4. The van der Waals surface area contributed by atoms with Gasteiger partial charge in [-0.3, -0.25) is 9.20 Å². The lowest BCUT2D eigenvalue weighted by Gasteiger charge is -2.15. The smallest absolute Gasteiger partial charge is 0.204 e. The van der Waals surface area contributed by atoms with Crippen molar-refractivity contribution in [3.63, 3.8) is 0 Å². The molecule has 0 fully saturated rings. The Kier molecular flexibility index (Phi) is 10.7. The number of carbonyl (C=O) groups excluding carboxylic acids is 1. The third kappa shape index (κ3) is 7.51. The van der Waals surface area contributed by atoms with Gasteiger partial charge in [0.05, 0.1) is 24.2 Å². The van der Waals surface area contributed by atoms with Crippen LogP contribution in [-0.2, 0) is 14.3 Å². The summed E-state index contributed by atoms with van der Waals surface area (Å²) in [6.07, 6.45) is 4.14. The number of unbranched alkanes of at least 4 members (excludes halogenated alkanes) is 2. The number of methoxy groups -OCH3 is 2. The first-order valence-electron chi connectivity index (χ1n) is 12.6. The SMILES string of the molecule is COCCOc1cc2nc(NCCCCCC(=O)CC(C)C)c3nnc(C)n3c2cc1OCCOC. The molecule has 0 saturated heterocycles. The number of Topliss-reactive ketones (excluding diaryl/α,β-unsaturated/α-hetero) is 1. The number of aryl methyl sites for hydroxylation is 1. The van der Waals surface area contributed by atoms with Crippen molar-refractivity contribution in [3.8, 4) is 11.5 Å². The Morgan fingerprint density at radius 1 is 0.972 bits per heavy atom. The summed E-state index contributed by atoms with van der Waals surface area (Å²) in [7, 11) is 3.27. The number of hydrogen-bond acceptors (Lipinski definition) is 9. The molecule has 0 aliphatic carbocycles. The zero-order valence-corrected chi connectivity index (χ0v) is 22.1. The lowest BCUT2D eigenvalue weighted by atomic mass is 10.0. The Morgan fingerprint density at radius 2 is 1.67 bits per heavy atom. The van der Waals surface area contributed by atoms with Gasteiger partial charge in [-0.1, -0.05) is 20.3 Å². The molecule has 0 bridgehead atoms. The molecular formula is C26H39N5O5. The van der Waals surface area contributed by atoms with Crippen LogP contribution in [0.4, 0.5) is 5.82 Å². The van der Waals surface area contributed by atoms with Gasteiger partial charge in [0, 0.05) is 45.7 Å². The summed E-state index contributed by atoms with van der Waals surface area (Å²) in [5, 5.41) is 12.1. The molecule has 0 aliphatic rings. The predicted molar refractivity (Wildman–Crippen MR) is 139 cm³/mol. The second kappa shape index (κ2) is 13.9. The van der Waals surface area contributed by atoms with E-state index >= 15 is 0 Å². The molecule has 0 atom stereocenters. The van der Waals surface area contributed by atoms with E-state index in [1.807, 2.05) is 23.5 Å². The van der Waals surface area contributed by atoms with Crippen molar-refractivity contribution in [1.29, 1.82) is 0 Å².